The summed E-state index contributed by atoms with van der Waals surface area (Å²) in [5.41, 5.74) is 4.96. The maximum atomic E-state index is 13.5. The number of amides is 1. The van der Waals surface area contributed by atoms with Gasteiger partial charge < -0.3 is 9.88 Å². The van der Waals surface area contributed by atoms with E-state index in [-0.39, 0.29) is 11.3 Å². The molecule has 2 aromatic carbocycles. The largest absolute Gasteiger partial charge is 0.322 e. The number of rotatable bonds is 5. The molecule has 1 N–H and O–H groups in total. The molecule has 0 fully saturated rings. The van der Waals surface area contributed by atoms with E-state index >= 15 is 0 Å². The Morgan fingerprint density at radius 3 is 2.56 bits per heavy atom. The van der Waals surface area contributed by atoms with Crippen LogP contribution in [0.2, 0.25) is 0 Å². The fourth-order valence-electron chi connectivity index (χ4n) is 4.81. The molecule has 2 heterocycles. The highest BCUT2D eigenvalue weighted by Crippen LogP contribution is 2.45. The minimum atomic E-state index is -0.0802. The summed E-state index contributed by atoms with van der Waals surface area (Å²) in [6.45, 7) is 6.94. The molecular formula is C30H30BrN3OS. The molecule has 0 saturated heterocycles. The lowest BCUT2D eigenvalue weighted by Crippen LogP contribution is -2.27. The average molecular weight is 561 g/mol. The number of aliphatic imine (C=N–C) groups is 1. The summed E-state index contributed by atoms with van der Waals surface area (Å²) in [4.78, 5) is 19.8. The Hall–Kier alpha value is -2.96. The van der Waals surface area contributed by atoms with Gasteiger partial charge in [-0.05, 0) is 84.7 Å². The van der Waals surface area contributed by atoms with Crippen molar-refractivity contribution in [3.63, 3.8) is 0 Å². The highest BCUT2D eigenvalue weighted by molar-refractivity contribution is 9.10. The number of halogens is 1. The van der Waals surface area contributed by atoms with E-state index in [4.69, 9.17) is 4.99 Å². The van der Waals surface area contributed by atoms with Crippen molar-refractivity contribution in [2.24, 2.45) is 16.3 Å². The second-order valence-electron chi connectivity index (χ2n) is 10.3. The van der Waals surface area contributed by atoms with E-state index in [1.807, 2.05) is 67.0 Å². The van der Waals surface area contributed by atoms with Gasteiger partial charge in [-0.3, -0.25) is 4.79 Å². The first-order valence-electron chi connectivity index (χ1n) is 12.3. The minimum absolute atomic E-state index is 0.0802. The normalized spacial score (nSPS) is 15.7. The van der Waals surface area contributed by atoms with Gasteiger partial charge in [-0.15, -0.1) is 11.3 Å². The zero-order chi connectivity index (χ0) is 25.3. The van der Waals surface area contributed by atoms with Gasteiger partial charge in [0, 0.05) is 26.9 Å². The van der Waals surface area contributed by atoms with Crippen LogP contribution in [0.1, 0.15) is 53.7 Å². The quantitative estimate of drug-likeness (QED) is 0.245. The highest BCUT2D eigenvalue weighted by Gasteiger charge is 2.33. The first-order valence-corrected chi connectivity index (χ1v) is 13.9. The molecule has 184 valence electrons. The molecule has 4 nitrogen and oxygen atoms in total. The van der Waals surface area contributed by atoms with Crippen LogP contribution in [0.4, 0.5) is 10.7 Å². The molecule has 36 heavy (non-hydrogen) atoms. The van der Waals surface area contributed by atoms with Crippen molar-refractivity contribution >= 4 is 50.1 Å². The van der Waals surface area contributed by atoms with Gasteiger partial charge in [0.05, 0.1) is 17.5 Å². The summed E-state index contributed by atoms with van der Waals surface area (Å²) in [5, 5.41) is 3.88. The number of fused-ring (bicyclic) bond motifs is 1. The van der Waals surface area contributed by atoms with E-state index in [0.717, 1.165) is 51.4 Å². The molecule has 6 heteroatoms. The first kappa shape index (κ1) is 24.7. The third-order valence-electron chi connectivity index (χ3n) is 6.93. The topological polar surface area (TPSA) is 46.4 Å². The van der Waals surface area contributed by atoms with Gasteiger partial charge in [0.15, 0.2) is 0 Å². The fraction of sp³-hybridized carbons (Fsp3) is 0.267. The Morgan fingerprint density at radius 2 is 1.83 bits per heavy atom. The molecule has 0 aliphatic heterocycles. The Bertz CT molecular complexity index is 1390. The standard InChI is InChI=1S/C30H30BrN3OS/c1-30(2,3)20-11-16-25-26(18-20)36-29(27(25)28(35)33-22-8-5-4-6-9-22)32-19-24-10-7-17-34(24)23-14-12-21(31)13-15-23/h4-10,12-15,17,19-20H,11,16,18H2,1-3H3,(H,33,35)/t20-/m1/s1. The molecule has 1 aliphatic rings. The fourth-order valence-corrected chi connectivity index (χ4v) is 6.34. The second-order valence-corrected chi connectivity index (χ2v) is 12.3. The number of hydrogen-bond donors (Lipinski definition) is 1. The summed E-state index contributed by atoms with van der Waals surface area (Å²) in [5.74, 6) is 0.517. The van der Waals surface area contributed by atoms with Crippen LogP contribution >= 0.6 is 27.3 Å². The molecule has 0 unspecified atom stereocenters. The molecule has 0 saturated carbocycles. The molecule has 0 radical (unpaired) electrons. The predicted molar refractivity (Wildman–Crippen MR) is 154 cm³/mol. The van der Waals surface area contributed by atoms with Gasteiger partial charge in [0.25, 0.3) is 5.91 Å². The third kappa shape index (κ3) is 5.25. The van der Waals surface area contributed by atoms with Crippen LogP contribution < -0.4 is 5.32 Å². The molecule has 0 bridgehead atoms. The van der Waals surface area contributed by atoms with E-state index in [1.165, 1.54) is 10.4 Å². The van der Waals surface area contributed by atoms with Gasteiger partial charge in [0.2, 0.25) is 0 Å². The van der Waals surface area contributed by atoms with E-state index in [9.17, 15) is 4.79 Å². The molecule has 0 spiro atoms. The third-order valence-corrected chi connectivity index (χ3v) is 8.62. The van der Waals surface area contributed by atoms with Crippen LogP contribution in [0, 0.1) is 11.3 Å². The summed E-state index contributed by atoms with van der Waals surface area (Å²) in [6, 6.07) is 21.9. The van der Waals surface area contributed by atoms with Gasteiger partial charge in [0.1, 0.15) is 5.00 Å². The van der Waals surface area contributed by atoms with Crippen molar-refractivity contribution in [1.29, 1.82) is 0 Å². The molecule has 4 aromatic rings. The van der Waals surface area contributed by atoms with E-state index in [0.29, 0.717) is 5.92 Å². The van der Waals surface area contributed by atoms with Crippen LogP contribution in [-0.4, -0.2) is 16.7 Å². The number of benzene rings is 2. The number of nitrogens with zero attached hydrogens (tertiary/aromatic N) is 2. The zero-order valence-corrected chi connectivity index (χ0v) is 23.2. The summed E-state index contributed by atoms with van der Waals surface area (Å²) in [7, 11) is 0. The molecule has 1 amide bonds. The van der Waals surface area contributed by atoms with Crippen molar-refractivity contribution in [2.75, 3.05) is 5.32 Å². The minimum Gasteiger partial charge on any atom is -0.322 e. The lowest BCUT2D eigenvalue weighted by molar-refractivity contribution is 0.102. The first-order chi connectivity index (χ1) is 17.3. The van der Waals surface area contributed by atoms with Crippen LogP contribution in [-0.2, 0) is 12.8 Å². The van der Waals surface area contributed by atoms with E-state index in [1.54, 1.807) is 11.3 Å². The number of para-hydroxylation sites is 1. The zero-order valence-electron chi connectivity index (χ0n) is 20.8. The maximum Gasteiger partial charge on any atom is 0.259 e. The van der Waals surface area contributed by atoms with Crippen molar-refractivity contribution in [2.45, 2.75) is 40.0 Å². The van der Waals surface area contributed by atoms with Crippen molar-refractivity contribution in [1.82, 2.24) is 4.57 Å². The highest BCUT2D eigenvalue weighted by atomic mass is 79.9. The monoisotopic (exact) mass is 559 g/mol. The average Bonchev–Trinajstić information content (AvgIpc) is 3.47. The Kier molecular flexibility index (Phi) is 7.00. The van der Waals surface area contributed by atoms with E-state index in [2.05, 4.69) is 58.7 Å². The van der Waals surface area contributed by atoms with Gasteiger partial charge in [-0.2, -0.15) is 0 Å². The lowest BCUT2D eigenvalue weighted by Gasteiger charge is -2.33. The summed E-state index contributed by atoms with van der Waals surface area (Å²) < 4.78 is 3.14. The van der Waals surface area contributed by atoms with Crippen LogP contribution in [0.25, 0.3) is 5.69 Å². The molecular weight excluding hydrogens is 530 g/mol. The predicted octanol–water partition coefficient (Wildman–Crippen LogP) is 8.46. The lowest BCUT2D eigenvalue weighted by atomic mass is 9.72. The second kappa shape index (κ2) is 10.2. The smallest absolute Gasteiger partial charge is 0.259 e. The van der Waals surface area contributed by atoms with E-state index < -0.39 is 0 Å². The Balaban J connectivity index is 1.51. The number of nitrogens with one attached hydrogen (secondary N) is 1. The van der Waals surface area contributed by atoms with Crippen LogP contribution in [0.3, 0.4) is 0 Å². The van der Waals surface area contributed by atoms with Gasteiger partial charge in [-0.25, -0.2) is 4.99 Å². The Morgan fingerprint density at radius 1 is 1.08 bits per heavy atom. The number of thiophene rings is 1. The number of hydrogen-bond acceptors (Lipinski definition) is 3. The SMILES string of the molecule is CC(C)(C)[C@@H]1CCc2c(sc(N=Cc3cccn3-c3ccc(Br)cc3)c2C(=O)Nc2ccccc2)C1. The van der Waals surface area contributed by atoms with Crippen molar-refractivity contribution < 1.29 is 4.79 Å². The number of anilines is 1. The Labute approximate surface area is 225 Å². The number of carbonyl (C=O) groups is 1. The van der Waals surface area contributed by atoms with Crippen molar-refractivity contribution in [3.05, 3.63) is 99.1 Å². The summed E-state index contributed by atoms with van der Waals surface area (Å²) in [6.07, 6.45) is 6.91. The van der Waals surface area contributed by atoms with Crippen LogP contribution in [0.5, 0.6) is 0 Å². The van der Waals surface area contributed by atoms with Crippen LogP contribution in [0.15, 0.2) is 82.4 Å². The molecule has 2 aromatic heterocycles. The number of carbonyl (C=O) groups excluding carboxylic acids is 1. The van der Waals surface area contributed by atoms with Crippen molar-refractivity contribution in [3.8, 4) is 5.69 Å². The van der Waals surface area contributed by atoms with Gasteiger partial charge >= 0.3 is 0 Å². The molecule has 1 aliphatic carbocycles. The summed E-state index contributed by atoms with van der Waals surface area (Å²) >= 11 is 5.18. The van der Waals surface area contributed by atoms with Gasteiger partial charge in [-0.1, -0.05) is 54.9 Å². The maximum absolute atomic E-state index is 13.5. The molecule has 5 rings (SSSR count). The molecule has 1 atom stereocenters. The number of aromatic nitrogens is 1.